The van der Waals surface area contributed by atoms with Gasteiger partial charge in [-0.3, -0.25) is 0 Å². The maximum absolute atomic E-state index is 11.2. The van der Waals surface area contributed by atoms with E-state index in [1.54, 1.807) is 0 Å². The van der Waals surface area contributed by atoms with Crippen LogP contribution in [0, 0.1) is 11.3 Å². The van der Waals surface area contributed by atoms with E-state index in [2.05, 4.69) is 5.32 Å². The van der Waals surface area contributed by atoms with Crippen LogP contribution in [0.3, 0.4) is 0 Å². The van der Waals surface area contributed by atoms with Gasteiger partial charge < -0.3 is 15.2 Å². The Balaban J connectivity index is 3.70. The Kier molecular flexibility index (Phi) is 6.32. The maximum atomic E-state index is 11.2. The number of aliphatic hydroxyl groups is 1. The Morgan fingerprint density at radius 3 is 2.53 bits per heavy atom. The molecule has 0 unspecified atom stereocenters. The number of carbonyl (C=O) groups is 1. The lowest BCUT2D eigenvalue weighted by molar-refractivity contribution is 0.126. The number of hydrogen-bond acceptors (Lipinski definition) is 3. The molecule has 0 aliphatic carbocycles. The van der Waals surface area contributed by atoms with Gasteiger partial charge in [0.25, 0.3) is 0 Å². The molecule has 0 atom stereocenters. The number of carbonyl (C=O) groups excluding carboxylic acids is 1. The third kappa shape index (κ3) is 8.24. The predicted octanol–water partition coefficient (Wildman–Crippen LogP) is 1.78. The molecule has 0 aliphatic heterocycles. The van der Waals surface area contributed by atoms with Gasteiger partial charge >= 0.3 is 6.09 Å². The highest BCUT2D eigenvalue weighted by molar-refractivity contribution is 5.67. The molecule has 0 aromatic heterocycles. The van der Waals surface area contributed by atoms with Gasteiger partial charge in [-0.2, -0.15) is 0 Å². The smallest absolute Gasteiger partial charge is 0.407 e. The topological polar surface area (TPSA) is 58.6 Å². The van der Waals surface area contributed by atoms with Crippen LogP contribution in [0.15, 0.2) is 0 Å². The Morgan fingerprint density at radius 1 is 1.47 bits per heavy atom. The van der Waals surface area contributed by atoms with E-state index in [1.165, 1.54) is 0 Å². The summed E-state index contributed by atoms with van der Waals surface area (Å²) >= 11 is 0. The highest BCUT2D eigenvalue weighted by Gasteiger charge is 2.18. The van der Waals surface area contributed by atoms with Crippen LogP contribution in [-0.2, 0) is 4.74 Å². The van der Waals surface area contributed by atoms with Gasteiger partial charge in [0, 0.05) is 13.2 Å². The summed E-state index contributed by atoms with van der Waals surface area (Å²) in [6.07, 6.45) is 0.284. The molecule has 0 fully saturated rings. The van der Waals surface area contributed by atoms with Crippen molar-refractivity contribution in [3.05, 3.63) is 0 Å². The van der Waals surface area contributed by atoms with Crippen LogP contribution in [0.2, 0.25) is 0 Å². The summed E-state index contributed by atoms with van der Waals surface area (Å²) in [4.78, 5) is 11.2. The van der Waals surface area contributed by atoms with E-state index in [4.69, 9.17) is 9.84 Å². The molecule has 0 aromatic rings. The second-order valence-corrected chi connectivity index (χ2v) is 4.98. The van der Waals surface area contributed by atoms with E-state index in [9.17, 15) is 4.79 Å². The Bertz CT molecular complexity index is 190. The molecule has 0 rings (SSSR count). The van der Waals surface area contributed by atoms with E-state index in [0.29, 0.717) is 25.5 Å². The fraction of sp³-hybridized carbons (Fsp3) is 0.909. The van der Waals surface area contributed by atoms with Crippen LogP contribution in [0.4, 0.5) is 4.79 Å². The zero-order chi connectivity index (χ0) is 11.9. The average Bonchev–Trinajstić information content (AvgIpc) is 2.11. The van der Waals surface area contributed by atoms with Crippen molar-refractivity contribution >= 4 is 6.09 Å². The molecule has 90 valence electrons. The van der Waals surface area contributed by atoms with E-state index >= 15 is 0 Å². The summed E-state index contributed by atoms with van der Waals surface area (Å²) in [5.41, 5.74) is -0.0917. The van der Waals surface area contributed by atoms with Gasteiger partial charge in [-0.25, -0.2) is 4.79 Å². The van der Waals surface area contributed by atoms with Crippen molar-refractivity contribution in [2.45, 2.75) is 34.1 Å². The first-order valence-corrected chi connectivity index (χ1v) is 5.39. The summed E-state index contributed by atoms with van der Waals surface area (Å²) in [6.45, 7) is 9.05. The lowest BCUT2D eigenvalue weighted by Crippen LogP contribution is -2.35. The van der Waals surface area contributed by atoms with Gasteiger partial charge in [0.05, 0.1) is 6.61 Å². The molecule has 0 spiro atoms. The third-order valence-corrected chi connectivity index (χ3v) is 2.05. The number of nitrogens with one attached hydrogen (secondary N) is 1. The minimum Gasteiger partial charge on any atom is -0.449 e. The molecule has 1 amide bonds. The van der Waals surface area contributed by atoms with Gasteiger partial charge in [-0.05, 0) is 17.8 Å². The predicted molar refractivity (Wildman–Crippen MR) is 59.7 cm³/mol. The lowest BCUT2D eigenvalue weighted by Gasteiger charge is -2.23. The van der Waals surface area contributed by atoms with Crippen molar-refractivity contribution in [3.8, 4) is 0 Å². The van der Waals surface area contributed by atoms with Crippen LogP contribution in [0.1, 0.15) is 34.1 Å². The third-order valence-electron chi connectivity index (χ3n) is 2.05. The summed E-state index contributed by atoms with van der Waals surface area (Å²) < 4.78 is 4.96. The molecule has 0 heterocycles. The van der Waals surface area contributed by atoms with E-state index in [-0.39, 0.29) is 18.1 Å². The first-order chi connectivity index (χ1) is 6.87. The first kappa shape index (κ1) is 14.2. The van der Waals surface area contributed by atoms with Crippen molar-refractivity contribution in [1.82, 2.24) is 5.32 Å². The molecule has 0 radical (unpaired) electrons. The molecule has 15 heavy (non-hydrogen) atoms. The van der Waals surface area contributed by atoms with Gasteiger partial charge in [0.2, 0.25) is 0 Å². The number of aliphatic hydroxyl groups excluding tert-OH is 1. The second-order valence-electron chi connectivity index (χ2n) is 4.98. The number of alkyl carbamates (subject to hydrolysis) is 1. The monoisotopic (exact) mass is 217 g/mol. The van der Waals surface area contributed by atoms with Crippen LogP contribution in [0.5, 0.6) is 0 Å². The molecule has 0 bridgehead atoms. The van der Waals surface area contributed by atoms with E-state index in [0.717, 1.165) is 0 Å². The Labute approximate surface area is 92.0 Å². The van der Waals surface area contributed by atoms with E-state index < -0.39 is 0 Å². The van der Waals surface area contributed by atoms with Crippen LogP contribution in [0.25, 0.3) is 0 Å². The summed E-state index contributed by atoms with van der Waals surface area (Å²) in [5.74, 6) is 0.348. The summed E-state index contributed by atoms with van der Waals surface area (Å²) in [5, 5.41) is 11.5. The van der Waals surface area contributed by atoms with Crippen molar-refractivity contribution < 1.29 is 14.6 Å². The van der Waals surface area contributed by atoms with Gasteiger partial charge in [-0.1, -0.05) is 27.7 Å². The minimum atomic E-state index is -0.380. The van der Waals surface area contributed by atoms with Gasteiger partial charge in [0.1, 0.15) is 0 Å². The average molecular weight is 217 g/mol. The highest BCUT2D eigenvalue weighted by atomic mass is 16.5. The van der Waals surface area contributed by atoms with E-state index in [1.807, 2.05) is 27.7 Å². The van der Waals surface area contributed by atoms with Crippen LogP contribution < -0.4 is 5.32 Å². The zero-order valence-electron chi connectivity index (χ0n) is 10.2. The number of amides is 1. The maximum Gasteiger partial charge on any atom is 0.407 e. The molecular formula is C11H23NO3. The number of ether oxygens (including phenoxy) is 1. The SMILES string of the molecule is CC(C)COC(=O)NCC(C)(C)CCO. The van der Waals surface area contributed by atoms with Crippen molar-refractivity contribution in [3.63, 3.8) is 0 Å². The standard InChI is InChI=1S/C11H23NO3/c1-9(2)7-15-10(14)12-8-11(3,4)5-6-13/h9,13H,5-8H2,1-4H3,(H,12,14). The fourth-order valence-corrected chi connectivity index (χ4v) is 0.996. The van der Waals surface area contributed by atoms with Gasteiger partial charge in [-0.15, -0.1) is 0 Å². The molecule has 4 heteroatoms. The Morgan fingerprint density at radius 2 is 2.07 bits per heavy atom. The van der Waals surface area contributed by atoms with Crippen LogP contribution >= 0.6 is 0 Å². The largest absolute Gasteiger partial charge is 0.449 e. The second kappa shape index (κ2) is 6.67. The molecule has 0 aromatic carbocycles. The normalized spacial score (nSPS) is 11.6. The first-order valence-electron chi connectivity index (χ1n) is 5.39. The van der Waals surface area contributed by atoms with Crippen molar-refractivity contribution in [2.75, 3.05) is 19.8 Å². The zero-order valence-corrected chi connectivity index (χ0v) is 10.2. The molecule has 0 saturated heterocycles. The molecule has 2 N–H and O–H groups in total. The van der Waals surface area contributed by atoms with Crippen LogP contribution in [-0.4, -0.2) is 31.0 Å². The highest BCUT2D eigenvalue weighted by Crippen LogP contribution is 2.17. The number of rotatable bonds is 6. The molecule has 0 saturated carbocycles. The number of hydrogen-bond donors (Lipinski definition) is 2. The molecular weight excluding hydrogens is 194 g/mol. The van der Waals surface area contributed by atoms with Gasteiger partial charge in [0.15, 0.2) is 0 Å². The van der Waals surface area contributed by atoms with Crippen molar-refractivity contribution in [2.24, 2.45) is 11.3 Å². The quantitative estimate of drug-likeness (QED) is 0.713. The summed E-state index contributed by atoms with van der Waals surface area (Å²) in [7, 11) is 0. The molecule has 4 nitrogen and oxygen atoms in total. The summed E-state index contributed by atoms with van der Waals surface area (Å²) in [6, 6.07) is 0. The fourth-order valence-electron chi connectivity index (χ4n) is 0.996. The lowest BCUT2D eigenvalue weighted by atomic mass is 9.90. The minimum absolute atomic E-state index is 0.0917. The molecule has 0 aliphatic rings. The van der Waals surface area contributed by atoms with Crippen molar-refractivity contribution in [1.29, 1.82) is 0 Å². The Hall–Kier alpha value is -0.770.